The van der Waals surface area contributed by atoms with Crippen LogP contribution in [0.4, 0.5) is 4.79 Å². The minimum Gasteiger partial charge on any atom is -0.488 e. The molecule has 0 aromatic heterocycles. The van der Waals surface area contributed by atoms with Crippen LogP contribution in [0.25, 0.3) is 0 Å². The van der Waals surface area contributed by atoms with Gasteiger partial charge < -0.3 is 24.8 Å². The molecule has 1 aliphatic heterocycles. The van der Waals surface area contributed by atoms with Gasteiger partial charge in [0.2, 0.25) is 0 Å². The van der Waals surface area contributed by atoms with E-state index in [0.29, 0.717) is 35.3 Å². The van der Waals surface area contributed by atoms with Crippen molar-refractivity contribution in [2.75, 3.05) is 13.1 Å². The Balaban J connectivity index is 1.47. The lowest BCUT2D eigenvalue weighted by Gasteiger charge is -2.28. The molecule has 41 heavy (non-hydrogen) atoms. The number of nitrogens with one attached hydrogen (secondary N) is 1. The first-order chi connectivity index (χ1) is 19.5. The highest BCUT2D eigenvalue weighted by Crippen LogP contribution is 2.21. The second-order valence-electron chi connectivity index (χ2n) is 10.9. The van der Waals surface area contributed by atoms with E-state index in [9.17, 15) is 24.3 Å². The summed E-state index contributed by atoms with van der Waals surface area (Å²) < 4.78 is 11.6. The van der Waals surface area contributed by atoms with Gasteiger partial charge in [-0.05, 0) is 70.0 Å². The SMILES string of the molecule is CC(C)(C)Oc1ccc(C(=O)N[C@@H]2CN(C(=O)O)CCC[C@H]2OC(=O)c2ccc(C(=O)c3ccccc3)cc2)cc1. The van der Waals surface area contributed by atoms with Crippen LogP contribution in [0.1, 0.15) is 70.3 Å². The fraction of sp³-hybridized carbons (Fsp3) is 0.312. The number of hydrogen-bond donors (Lipinski definition) is 2. The van der Waals surface area contributed by atoms with Gasteiger partial charge in [0.05, 0.1) is 11.6 Å². The maximum absolute atomic E-state index is 13.1. The van der Waals surface area contributed by atoms with Crippen LogP contribution in [0.5, 0.6) is 5.75 Å². The van der Waals surface area contributed by atoms with Gasteiger partial charge in [0.1, 0.15) is 17.5 Å². The molecule has 4 rings (SSSR count). The maximum atomic E-state index is 13.1. The van der Waals surface area contributed by atoms with Crippen molar-refractivity contribution in [2.24, 2.45) is 0 Å². The van der Waals surface area contributed by atoms with Crippen molar-refractivity contribution in [1.29, 1.82) is 0 Å². The standard InChI is InChI=1S/C32H34N2O7/c1-32(2,3)41-25-17-15-23(16-18-25)29(36)33-26-20-34(31(38)39)19-7-10-27(26)40-30(37)24-13-11-22(12-14-24)28(35)21-8-5-4-6-9-21/h4-6,8-9,11-18,26-27H,7,10,19-20H2,1-3H3,(H,33,36)(H,38,39)/t26-,27-/m1/s1. The molecule has 2 atom stereocenters. The Kier molecular flexibility index (Phi) is 9.07. The first-order valence-electron chi connectivity index (χ1n) is 13.5. The predicted molar refractivity (Wildman–Crippen MR) is 152 cm³/mol. The number of rotatable bonds is 7. The Hall–Kier alpha value is -4.66. The molecule has 2 N–H and O–H groups in total. The van der Waals surface area contributed by atoms with Crippen molar-refractivity contribution in [3.8, 4) is 5.75 Å². The van der Waals surface area contributed by atoms with Crippen molar-refractivity contribution >= 4 is 23.8 Å². The highest BCUT2D eigenvalue weighted by molar-refractivity contribution is 6.09. The number of carbonyl (C=O) groups excluding carboxylic acids is 3. The van der Waals surface area contributed by atoms with E-state index in [-0.39, 0.29) is 30.0 Å². The van der Waals surface area contributed by atoms with Crippen LogP contribution >= 0.6 is 0 Å². The van der Waals surface area contributed by atoms with Crippen molar-refractivity contribution in [1.82, 2.24) is 10.2 Å². The monoisotopic (exact) mass is 558 g/mol. The second-order valence-corrected chi connectivity index (χ2v) is 10.9. The predicted octanol–water partition coefficient (Wildman–Crippen LogP) is 5.19. The summed E-state index contributed by atoms with van der Waals surface area (Å²) in [6, 6.07) is 20.9. The molecule has 1 aliphatic rings. The molecule has 0 unspecified atom stereocenters. The summed E-state index contributed by atoms with van der Waals surface area (Å²) in [6.45, 7) is 6.00. The van der Waals surface area contributed by atoms with Crippen LogP contribution < -0.4 is 10.1 Å². The molecular weight excluding hydrogens is 524 g/mol. The van der Waals surface area contributed by atoms with Gasteiger partial charge in [0.15, 0.2) is 5.78 Å². The Labute approximate surface area is 239 Å². The molecule has 0 spiro atoms. The first-order valence-corrected chi connectivity index (χ1v) is 13.5. The molecule has 2 amide bonds. The molecular formula is C32H34N2O7. The zero-order chi connectivity index (χ0) is 29.6. The molecule has 3 aromatic rings. The van der Waals surface area contributed by atoms with Gasteiger partial charge in [-0.2, -0.15) is 0 Å². The summed E-state index contributed by atoms with van der Waals surface area (Å²) in [5, 5.41) is 12.5. The van der Waals surface area contributed by atoms with E-state index in [0.717, 1.165) is 0 Å². The summed E-state index contributed by atoms with van der Waals surface area (Å²) in [5.41, 5.74) is 1.19. The first kappa shape index (κ1) is 29.3. The lowest BCUT2D eigenvalue weighted by atomic mass is 10.0. The molecule has 3 aromatic carbocycles. The van der Waals surface area contributed by atoms with Crippen LogP contribution in [0.3, 0.4) is 0 Å². The summed E-state index contributed by atoms with van der Waals surface area (Å²) >= 11 is 0. The summed E-state index contributed by atoms with van der Waals surface area (Å²) in [6.07, 6.45) is -1.05. The van der Waals surface area contributed by atoms with E-state index in [1.165, 1.54) is 17.0 Å². The van der Waals surface area contributed by atoms with Crippen LogP contribution in [0, 0.1) is 0 Å². The van der Waals surface area contributed by atoms with E-state index in [4.69, 9.17) is 9.47 Å². The fourth-order valence-electron chi connectivity index (χ4n) is 4.58. The van der Waals surface area contributed by atoms with Crippen molar-refractivity contribution < 1.29 is 33.8 Å². The lowest BCUT2D eigenvalue weighted by Crippen LogP contribution is -2.51. The van der Waals surface area contributed by atoms with E-state index in [1.54, 1.807) is 60.7 Å². The molecule has 0 aliphatic carbocycles. The van der Waals surface area contributed by atoms with Crippen molar-refractivity contribution in [3.63, 3.8) is 0 Å². The van der Waals surface area contributed by atoms with Gasteiger partial charge in [-0.15, -0.1) is 0 Å². The number of nitrogens with zero attached hydrogens (tertiary/aromatic N) is 1. The number of benzene rings is 3. The van der Waals surface area contributed by atoms with E-state index >= 15 is 0 Å². The molecule has 1 saturated heterocycles. The van der Waals surface area contributed by atoms with Gasteiger partial charge in [-0.25, -0.2) is 9.59 Å². The van der Waals surface area contributed by atoms with Gasteiger partial charge in [0, 0.05) is 29.8 Å². The van der Waals surface area contributed by atoms with Gasteiger partial charge in [-0.3, -0.25) is 9.59 Å². The minimum atomic E-state index is -1.11. The smallest absolute Gasteiger partial charge is 0.407 e. The fourth-order valence-corrected chi connectivity index (χ4v) is 4.58. The average Bonchev–Trinajstić information content (AvgIpc) is 3.15. The molecule has 0 saturated carbocycles. The number of likely N-dealkylation sites (tertiary alicyclic amines) is 1. The third-order valence-corrected chi connectivity index (χ3v) is 6.59. The quantitative estimate of drug-likeness (QED) is 0.302. The van der Waals surface area contributed by atoms with Gasteiger partial charge in [-0.1, -0.05) is 42.5 Å². The van der Waals surface area contributed by atoms with Crippen molar-refractivity contribution in [2.45, 2.75) is 51.4 Å². The Bertz CT molecular complexity index is 1380. The molecule has 1 fully saturated rings. The number of esters is 1. The minimum absolute atomic E-state index is 0.0330. The molecule has 0 radical (unpaired) electrons. The Morgan fingerprint density at radius 1 is 0.829 bits per heavy atom. The number of ether oxygens (including phenoxy) is 2. The number of ketones is 1. The number of carbonyl (C=O) groups is 4. The molecule has 1 heterocycles. The Morgan fingerprint density at radius 2 is 1.41 bits per heavy atom. The summed E-state index contributed by atoms with van der Waals surface area (Å²) in [4.78, 5) is 51.9. The number of carboxylic acid groups (broad SMARTS) is 1. The average molecular weight is 559 g/mol. The normalized spacial score (nSPS) is 17.2. The number of hydrogen-bond acceptors (Lipinski definition) is 6. The van der Waals surface area contributed by atoms with E-state index < -0.39 is 30.1 Å². The van der Waals surface area contributed by atoms with Gasteiger partial charge >= 0.3 is 12.1 Å². The van der Waals surface area contributed by atoms with E-state index in [2.05, 4.69) is 5.32 Å². The highest BCUT2D eigenvalue weighted by atomic mass is 16.5. The molecule has 9 nitrogen and oxygen atoms in total. The van der Waals surface area contributed by atoms with E-state index in [1.807, 2.05) is 26.8 Å². The van der Waals surface area contributed by atoms with Crippen molar-refractivity contribution in [3.05, 3.63) is 101 Å². The summed E-state index contributed by atoms with van der Waals surface area (Å²) in [5.74, 6) is -0.595. The molecule has 0 bridgehead atoms. The van der Waals surface area contributed by atoms with Crippen LogP contribution in [-0.2, 0) is 4.74 Å². The topological polar surface area (TPSA) is 122 Å². The largest absolute Gasteiger partial charge is 0.488 e. The maximum Gasteiger partial charge on any atom is 0.407 e. The van der Waals surface area contributed by atoms with Crippen LogP contribution in [-0.4, -0.2) is 64.6 Å². The van der Waals surface area contributed by atoms with Gasteiger partial charge in [0.25, 0.3) is 5.91 Å². The summed E-state index contributed by atoms with van der Waals surface area (Å²) in [7, 11) is 0. The lowest BCUT2D eigenvalue weighted by molar-refractivity contribution is 0.0179. The third-order valence-electron chi connectivity index (χ3n) is 6.59. The zero-order valence-corrected chi connectivity index (χ0v) is 23.3. The highest BCUT2D eigenvalue weighted by Gasteiger charge is 2.33. The molecule has 9 heteroatoms. The van der Waals surface area contributed by atoms with Crippen LogP contribution in [0.2, 0.25) is 0 Å². The third kappa shape index (κ3) is 7.94. The Morgan fingerprint density at radius 3 is 2.02 bits per heavy atom. The second kappa shape index (κ2) is 12.7. The number of amides is 2. The molecule has 214 valence electrons. The zero-order valence-electron chi connectivity index (χ0n) is 23.3. The van der Waals surface area contributed by atoms with Crippen LogP contribution in [0.15, 0.2) is 78.9 Å².